The molecule has 0 bridgehead atoms. The average molecular weight is 625 g/mol. The molecular weight excluding hydrogens is 595 g/mol. The Morgan fingerprint density at radius 1 is 1.14 bits per heavy atom. The van der Waals surface area contributed by atoms with E-state index in [0.29, 0.717) is 23.5 Å². The van der Waals surface area contributed by atoms with E-state index >= 15 is 8.78 Å². The Bertz CT molecular complexity index is 1710. The SMILES string of the molecule is Cn1nnc(-c2ccc(NC(=O)C3NC(CC(C)(C)C)C(C#N)(c4ccc(Cl)cc4F)C3c3cccc(Cl)c3F)cc2)n1. The van der Waals surface area contributed by atoms with Crippen LogP contribution < -0.4 is 10.6 Å². The van der Waals surface area contributed by atoms with Crippen molar-refractivity contribution in [1.82, 2.24) is 25.5 Å². The second-order valence-electron chi connectivity index (χ2n) is 11.9. The van der Waals surface area contributed by atoms with Crippen molar-refractivity contribution in [2.24, 2.45) is 12.5 Å². The number of tetrazole rings is 1. The van der Waals surface area contributed by atoms with Gasteiger partial charge in [-0.05, 0) is 65.1 Å². The molecular formula is C31H29Cl2F2N7O. The number of aryl methyl sites for hydroxylation is 1. The predicted octanol–water partition coefficient (Wildman–Crippen LogP) is 6.42. The van der Waals surface area contributed by atoms with Crippen molar-refractivity contribution in [2.75, 3.05) is 5.32 Å². The molecule has 0 spiro atoms. The molecule has 1 saturated heterocycles. The first-order valence-electron chi connectivity index (χ1n) is 13.6. The Hall–Kier alpha value is -3.91. The first kappa shape index (κ1) is 30.5. The third kappa shape index (κ3) is 5.85. The van der Waals surface area contributed by atoms with Gasteiger partial charge in [0.2, 0.25) is 11.7 Å². The monoisotopic (exact) mass is 623 g/mol. The maximum Gasteiger partial charge on any atom is 0.242 e. The van der Waals surface area contributed by atoms with Crippen LogP contribution in [0, 0.1) is 28.4 Å². The predicted molar refractivity (Wildman–Crippen MR) is 160 cm³/mol. The van der Waals surface area contributed by atoms with Crippen LogP contribution in [0.2, 0.25) is 10.0 Å². The van der Waals surface area contributed by atoms with Gasteiger partial charge in [-0.25, -0.2) is 8.78 Å². The third-order valence-corrected chi connectivity index (χ3v) is 8.18. The number of halogens is 4. The number of nitriles is 1. The van der Waals surface area contributed by atoms with Crippen LogP contribution in [-0.4, -0.2) is 38.2 Å². The maximum absolute atomic E-state index is 15.8. The van der Waals surface area contributed by atoms with Gasteiger partial charge in [0.05, 0.1) is 24.2 Å². The molecule has 1 fully saturated rings. The number of nitrogens with zero attached hydrogens (tertiary/aromatic N) is 5. The summed E-state index contributed by atoms with van der Waals surface area (Å²) in [6.45, 7) is 5.93. The molecule has 43 heavy (non-hydrogen) atoms. The van der Waals surface area contributed by atoms with Gasteiger partial charge in [-0.2, -0.15) is 10.1 Å². The van der Waals surface area contributed by atoms with Crippen molar-refractivity contribution in [3.8, 4) is 17.5 Å². The second-order valence-corrected chi connectivity index (χ2v) is 12.7. The van der Waals surface area contributed by atoms with Gasteiger partial charge >= 0.3 is 0 Å². The smallest absolute Gasteiger partial charge is 0.242 e. The molecule has 12 heteroatoms. The van der Waals surface area contributed by atoms with Crippen LogP contribution in [0.3, 0.4) is 0 Å². The number of hydrogen-bond acceptors (Lipinski definition) is 6. The average Bonchev–Trinajstić information content (AvgIpc) is 3.51. The summed E-state index contributed by atoms with van der Waals surface area (Å²) in [6, 6.07) is 15.7. The van der Waals surface area contributed by atoms with Crippen LogP contribution in [0.4, 0.5) is 14.5 Å². The molecule has 2 N–H and O–H groups in total. The summed E-state index contributed by atoms with van der Waals surface area (Å²) in [5, 5.41) is 29.1. The van der Waals surface area contributed by atoms with Crippen molar-refractivity contribution >= 4 is 34.8 Å². The summed E-state index contributed by atoms with van der Waals surface area (Å²) in [5.41, 5.74) is -0.884. The molecule has 8 nitrogen and oxygen atoms in total. The Morgan fingerprint density at radius 2 is 1.86 bits per heavy atom. The van der Waals surface area contributed by atoms with Crippen LogP contribution in [-0.2, 0) is 17.3 Å². The number of benzene rings is 3. The van der Waals surface area contributed by atoms with Crippen LogP contribution in [0.1, 0.15) is 44.2 Å². The molecule has 3 aromatic carbocycles. The quantitative estimate of drug-likeness (QED) is 0.256. The molecule has 4 unspecified atom stereocenters. The molecule has 4 aromatic rings. The highest BCUT2D eigenvalue weighted by atomic mass is 35.5. The van der Waals surface area contributed by atoms with E-state index in [1.54, 1.807) is 37.4 Å². The number of carbonyl (C=O) groups is 1. The molecule has 0 aliphatic carbocycles. The van der Waals surface area contributed by atoms with Crippen LogP contribution in [0.5, 0.6) is 0 Å². The number of carbonyl (C=O) groups excluding carboxylic acids is 1. The van der Waals surface area contributed by atoms with Gasteiger partial charge in [-0.1, -0.05) is 62.2 Å². The molecule has 1 aliphatic heterocycles. The summed E-state index contributed by atoms with van der Waals surface area (Å²) in [5.74, 6) is -2.78. The normalized spacial score (nSPS) is 21.9. The second kappa shape index (κ2) is 11.6. The van der Waals surface area contributed by atoms with Crippen LogP contribution in [0.15, 0.2) is 60.7 Å². The maximum atomic E-state index is 15.8. The number of rotatable bonds is 6. The standard InChI is InChI=1S/C31H29Cl2F2N7O/c1-30(2,3)15-24-31(16-36,21-13-10-18(32)14-23(21)34)25(20-6-5-7-22(33)26(20)35)27(38-24)29(43)37-19-11-8-17(9-12-19)28-39-41-42(4)40-28/h5-14,24-25,27,38H,15H2,1-4H3,(H,37,43). The zero-order valence-electron chi connectivity index (χ0n) is 23.9. The Kier molecular flexibility index (Phi) is 8.27. The third-order valence-electron chi connectivity index (χ3n) is 7.65. The van der Waals surface area contributed by atoms with Gasteiger partial charge in [0.25, 0.3) is 0 Å². The zero-order valence-corrected chi connectivity index (χ0v) is 25.4. The topological polar surface area (TPSA) is 109 Å². The van der Waals surface area contributed by atoms with E-state index in [1.807, 2.05) is 20.8 Å². The van der Waals surface area contributed by atoms with E-state index in [2.05, 4.69) is 32.1 Å². The minimum atomic E-state index is -1.71. The van der Waals surface area contributed by atoms with Gasteiger partial charge in [0.15, 0.2) is 0 Å². The van der Waals surface area contributed by atoms with E-state index in [4.69, 9.17) is 23.2 Å². The lowest BCUT2D eigenvalue weighted by atomic mass is 9.62. The van der Waals surface area contributed by atoms with Crippen LogP contribution in [0.25, 0.3) is 11.4 Å². The Balaban J connectivity index is 1.62. The van der Waals surface area contributed by atoms with Crippen molar-refractivity contribution < 1.29 is 13.6 Å². The molecule has 0 radical (unpaired) electrons. The zero-order chi connectivity index (χ0) is 31.1. The first-order valence-corrected chi connectivity index (χ1v) is 14.3. The molecule has 4 atom stereocenters. The number of hydrogen-bond donors (Lipinski definition) is 2. The summed E-state index contributed by atoms with van der Waals surface area (Å²) in [6.07, 6.45) is 0.366. The summed E-state index contributed by atoms with van der Waals surface area (Å²) in [4.78, 5) is 15.4. The van der Waals surface area contributed by atoms with E-state index in [1.165, 1.54) is 29.1 Å². The number of anilines is 1. The highest BCUT2D eigenvalue weighted by Crippen LogP contribution is 2.52. The number of aromatic nitrogens is 4. The first-order chi connectivity index (χ1) is 20.3. The molecule has 2 heterocycles. The molecule has 5 rings (SSSR count). The van der Waals surface area contributed by atoms with Gasteiger partial charge in [0, 0.05) is 33.8 Å². The number of amides is 1. The molecule has 0 saturated carbocycles. The van der Waals surface area contributed by atoms with E-state index in [9.17, 15) is 10.1 Å². The summed E-state index contributed by atoms with van der Waals surface area (Å²) in [7, 11) is 1.66. The minimum Gasteiger partial charge on any atom is -0.325 e. The lowest BCUT2D eigenvalue weighted by Crippen LogP contribution is -2.45. The van der Waals surface area contributed by atoms with Crippen molar-refractivity contribution in [1.29, 1.82) is 5.26 Å². The highest BCUT2D eigenvalue weighted by molar-refractivity contribution is 6.31. The molecule has 1 amide bonds. The van der Waals surface area contributed by atoms with Crippen LogP contribution >= 0.6 is 23.2 Å². The summed E-state index contributed by atoms with van der Waals surface area (Å²) >= 11 is 12.3. The van der Waals surface area contributed by atoms with E-state index in [-0.39, 0.29) is 26.6 Å². The lowest BCUT2D eigenvalue weighted by Gasteiger charge is -2.37. The fourth-order valence-electron chi connectivity index (χ4n) is 5.88. The van der Waals surface area contributed by atoms with Gasteiger partial charge in [-0.15, -0.1) is 10.2 Å². The lowest BCUT2D eigenvalue weighted by molar-refractivity contribution is -0.118. The van der Waals surface area contributed by atoms with E-state index < -0.39 is 41.0 Å². The fraction of sp³-hybridized carbons (Fsp3) is 0.323. The van der Waals surface area contributed by atoms with Crippen molar-refractivity contribution in [3.63, 3.8) is 0 Å². The van der Waals surface area contributed by atoms with Crippen molar-refractivity contribution in [3.05, 3.63) is 93.5 Å². The largest absolute Gasteiger partial charge is 0.325 e. The van der Waals surface area contributed by atoms with Gasteiger partial charge in [0.1, 0.15) is 17.0 Å². The minimum absolute atomic E-state index is 0.0154. The Labute approximate surface area is 258 Å². The Morgan fingerprint density at radius 3 is 2.47 bits per heavy atom. The molecule has 1 aromatic heterocycles. The molecule has 222 valence electrons. The number of nitrogens with one attached hydrogen (secondary N) is 2. The summed E-state index contributed by atoms with van der Waals surface area (Å²) < 4.78 is 31.6. The van der Waals surface area contributed by atoms with Gasteiger partial charge < -0.3 is 10.6 Å². The van der Waals surface area contributed by atoms with Crippen molar-refractivity contribution in [2.45, 2.75) is 50.6 Å². The van der Waals surface area contributed by atoms with Gasteiger partial charge in [-0.3, -0.25) is 4.79 Å². The van der Waals surface area contributed by atoms with E-state index in [0.717, 1.165) is 6.07 Å². The molecule has 1 aliphatic rings. The highest BCUT2D eigenvalue weighted by Gasteiger charge is 2.61. The fourth-order valence-corrected chi connectivity index (χ4v) is 6.22.